The fourth-order valence-electron chi connectivity index (χ4n) is 3.87. The fourth-order valence-corrected chi connectivity index (χ4v) is 3.87. The second-order valence-corrected chi connectivity index (χ2v) is 8.79. The molecular formula is C26H34N2O6. The summed E-state index contributed by atoms with van der Waals surface area (Å²) in [6, 6.07) is 10.6. The minimum absolute atomic E-state index is 0.121. The summed E-state index contributed by atoms with van der Waals surface area (Å²) in [5.74, 6) is 2.09. The van der Waals surface area contributed by atoms with Gasteiger partial charge in [-0.1, -0.05) is 19.9 Å². The summed E-state index contributed by atoms with van der Waals surface area (Å²) < 4.78 is 22.0. The Balaban J connectivity index is 1.67. The normalized spacial score (nSPS) is 16.4. The molecule has 34 heavy (non-hydrogen) atoms. The number of carbonyl (C=O) groups excluding carboxylic acids is 2. The molecule has 1 N–H and O–H groups in total. The van der Waals surface area contributed by atoms with Crippen LogP contribution in [0.25, 0.3) is 0 Å². The van der Waals surface area contributed by atoms with Crippen molar-refractivity contribution in [1.29, 1.82) is 0 Å². The molecule has 0 spiro atoms. The average Bonchev–Trinajstić information content (AvgIpc) is 3.23. The quantitative estimate of drug-likeness (QED) is 0.565. The van der Waals surface area contributed by atoms with Gasteiger partial charge in [0.25, 0.3) is 0 Å². The molecule has 1 aliphatic heterocycles. The van der Waals surface area contributed by atoms with Crippen LogP contribution in [0.5, 0.6) is 23.0 Å². The van der Waals surface area contributed by atoms with Gasteiger partial charge in [-0.25, -0.2) is 0 Å². The van der Waals surface area contributed by atoms with E-state index in [4.69, 9.17) is 18.9 Å². The zero-order valence-electron chi connectivity index (χ0n) is 20.7. The first-order chi connectivity index (χ1) is 16.3. The number of anilines is 1. The summed E-state index contributed by atoms with van der Waals surface area (Å²) in [6.45, 7) is 6.94. The summed E-state index contributed by atoms with van der Waals surface area (Å²) in [5.41, 5.74) is 1.51. The first-order valence-electron chi connectivity index (χ1n) is 11.4. The third-order valence-corrected chi connectivity index (χ3v) is 5.79. The lowest BCUT2D eigenvalue weighted by Crippen LogP contribution is -2.34. The van der Waals surface area contributed by atoms with Crippen LogP contribution in [0.15, 0.2) is 36.4 Å². The monoisotopic (exact) mass is 470 g/mol. The number of hydrogen-bond donors (Lipinski definition) is 1. The molecule has 0 radical (unpaired) electrons. The van der Waals surface area contributed by atoms with Crippen molar-refractivity contribution < 1.29 is 28.5 Å². The van der Waals surface area contributed by atoms with Gasteiger partial charge in [0.2, 0.25) is 11.8 Å². The van der Waals surface area contributed by atoms with Crippen LogP contribution in [0.4, 0.5) is 5.69 Å². The van der Waals surface area contributed by atoms with Crippen molar-refractivity contribution in [2.75, 3.05) is 39.4 Å². The number of benzene rings is 2. The van der Waals surface area contributed by atoms with Crippen molar-refractivity contribution in [2.45, 2.75) is 33.2 Å². The first kappa shape index (κ1) is 25.2. The summed E-state index contributed by atoms with van der Waals surface area (Å²) in [6.07, 6.45) is 0.138. The van der Waals surface area contributed by atoms with E-state index in [1.807, 2.05) is 25.1 Å². The molecule has 8 nitrogen and oxygen atoms in total. The molecule has 1 saturated heterocycles. The number of methoxy groups -OCH3 is 3. The number of rotatable bonds is 10. The van der Waals surface area contributed by atoms with E-state index in [9.17, 15) is 9.59 Å². The van der Waals surface area contributed by atoms with Gasteiger partial charge in [0.1, 0.15) is 11.5 Å². The van der Waals surface area contributed by atoms with E-state index in [1.165, 1.54) is 7.11 Å². The van der Waals surface area contributed by atoms with Crippen molar-refractivity contribution in [3.05, 3.63) is 42.0 Å². The molecule has 1 aliphatic rings. The van der Waals surface area contributed by atoms with Crippen LogP contribution in [-0.4, -0.2) is 46.3 Å². The number of nitrogens with zero attached hydrogens (tertiary/aromatic N) is 1. The Labute approximate surface area is 201 Å². The molecule has 1 heterocycles. The molecule has 2 aromatic rings. The van der Waals surface area contributed by atoms with Crippen molar-refractivity contribution in [1.82, 2.24) is 5.32 Å². The Morgan fingerprint density at radius 3 is 2.38 bits per heavy atom. The minimum Gasteiger partial charge on any atom is -0.497 e. The van der Waals surface area contributed by atoms with Gasteiger partial charge in [-0.15, -0.1) is 0 Å². The average molecular weight is 471 g/mol. The maximum absolute atomic E-state index is 13.0. The van der Waals surface area contributed by atoms with E-state index in [2.05, 4.69) is 19.2 Å². The molecule has 2 unspecified atom stereocenters. The van der Waals surface area contributed by atoms with Crippen molar-refractivity contribution in [2.24, 2.45) is 11.8 Å². The largest absolute Gasteiger partial charge is 0.497 e. The Bertz CT molecular complexity index is 1020. The van der Waals surface area contributed by atoms with Crippen molar-refractivity contribution in [3.8, 4) is 23.0 Å². The van der Waals surface area contributed by atoms with Crippen molar-refractivity contribution >= 4 is 17.5 Å². The third kappa shape index (κ3) is 5.73. The van der Waals surface area contributed by atoms with E-state index >= 15 is 0 Å². The van der Waals surface area contributed by atoms with Gasteiger partial charge < -0.3 is 29.2 Å². The van der Waals surface area contributed by atoms with Crippen LogP contribution in [0.1, 0.15) is 38.8 Å². The number of hydrogen-bond acceptors (Lipinski definition) is 6. The van der Waals surface area contributed by atoms with E-state index in [1.54, 1.807) is 37.3 Å². The van der Waals surface area contributed by atoms with Gasteiger partial charge in [0, 0.05) is 19.0 Å². The standard InChI is InChI=1S/C26H34N2O6/c1-16(2)15-34-22-10-7-18(11-24(22)33-6)17(3)27-26(30)19-12-25(29)28(14-19)21-9-8-20(31-4)13-23(21)32-5/h7-11,13,16-17,19H,12,14-15H2,1-6H3,(H,27,30). The topological polar surface area (TPSA) is 86.3 Å². The molecule has 0 saturated carbocycles. The highest BCUT2D eigenvalue weighted by molar-refractivity contribution is 6.01. The predicted octanol–water partition coefficient (Wildman–Crippen LogP) is 3.98. The van der Waals surface area contributed by atoms with Gasteiger partial charge in [0.15, 0.2) is 11.5 Å². The Hall–Kier alpha value is -3.42. The summed E-state index contributed by atoms with van der Waals surface area (Å²) >= 11 is 0. The van der Waals surface area contributed by atoms with Crippen molar-refractivity contribution in [3.63, 3.8) is 0 Å². The van der Waals surface area contributed by atoms with Crippen LogP contribution in [0, 0.1) is 11.8 Å². The number of carbonyl (C=O) groups is 2. The molecule has 8 heteroatoms. The first-order valence-corrected chi connectivity index (χ1v) is 11.4. The van der Waals surface area contributed by atoms with E-state index < -0.39 is 5.92 Å². The van der Waals surface area contributed by atoms with Gasteiger partial charge in [-0.2, -0.15) is 0 Å². The smallest absolute Gasteiger partial charge is 0.227 e. The molecule has 2 atom stereocenters. The van der Waals surface area contributed by atoms with E-state index in [0.717, 1.165) is 5.56 Å². The molecule has 3 rings (SSSR count). The maximum atomic E-state index is 13.0. The van der Waals surface area contributed by atoms with Gasteiger partial charge in [-0.3, -0.25) is 9.59 Å². The lowest BCUT2D eigenvalue weighted by atomic mass is 10.0. The van der Waals surface area contributed by atoms with E-state index in [-0.39, 0.29) is 30.8 Å². The van der Waals surface area contributed by atoms with Crippen LogP contribution in [0.3, 0.4) is 0 Å². The number of amides is 2. The zero-order valence-corrected chi connectivity index (χ0v) is 20.7. The molecule has 2 amide bonds. The van der Waals surface area contributed by atoms with Crippen LogP contribution < -0.4 is 29.2 Å². The zero-order chi connectivity index (χ0) is 24.8. The Morgan fingerprint density at radius 2 is 1.74 bits per heavy atom. The number of ether oxygens (including phenoxy) is 4. The second kappa shape index (κ2) is 11.1. The molecule has 0 bridgehead atoms. The number of nitrogens with one attached hydrogen (secondary N) is 1. The maximum Gasteiger partial charge on any atom is 0.227 e. The SMILES string of the molecule is COc1ccc(N2CC(C(=O)NC(C)c3ccc(OCC(C)C)c(OC)c3)CC2=O)c(OC)c1. The lowest BCUT2D eigenvalue weighted by molar-refractivity contribution is -0.126. The van der Waals surface area contributed by atoms with Gasteiger partial charge >= 0.3 is 0 Å². The summed E-state index contributed by atoms with van der Waals surface area (Å²) in [5, 5.41) is 3.03. The summed E-state index contributed by atoms with van der Waals surface area (Å²) in [4.78, 5) is 27.3. The molecule has 2 aromatic carbocycles. The van der Waals surface area contributed by atoms with Gasteiger partial charge in [-0.05, 0) is 42.7 Å². The molecule has 1 fully saturated rings. The van der Waals surface area contributed by atoms with Crippen LogP contribution in [-0.2, 0) is 9.59 Å². The Morgan fingerprint density at radius 1 is 1.00 bits per heavy atom. The Kier molecular flexibility index (Phi) is 8.26. The van der Waals surface area contributed by atoms with E-state index in [0.29, 0.717) is 41.2 Å². The van der Waals surface area contributed by atoms with Crippen LogP contribution in [0.2, 0.25) is 0 Å². The lowest BCUT2D eigenvalue weighted by Gasteiger charge is -2.21. The molecule has 0 aliphatic carbocycles. The highest BCUT2D eigenvalue weighted by Crippen LogP contribution is 2.36. The predicted molar refractivity (Wildman–Crippen MR) is 130 cm³/mol. The fraction of sp³-hybridized carbons (Fsp3) is 0.462. The highest BCUT2D eigenvalue weighted by Gasteiger charge is 2.36. The molecule has 0 aromatic heterocycles. The third-order valence-electron chi connectivity index (χ3n) is 5.79. The second-order valence-electron chi connectivity index (χ2n) is 8.79. The van der Waals surface area contributed by atoms with Crippen LogP contribution >= 0.6 is 0 Å². The van der Waals surface area contributed by atoms with Gasteiger partial charge in [0.05, 0.1) is 45.6 Å². The highest BCUT2D eigenvalue weighted by atomic mass is 16.5. The minimum atomic E-state index is -0.461. The molecule has 184 valence electrons. The molecular weight excluding hydrogens is 436 g/mol. The summed E-state index contributed by atoms with van der Waals surface area (Å²) in [7, 11) is 4.70.